The number of ketones is 3. The fourth-order valence-corrected chi connectivity index (χ4v) is 4.92. The van der Waals surface area contributed by atoms with Gasteiger partial charge in [0.25, 0.3) is 5.60 Å². The van der Waals surface area contributed by atoms with Gasteiger partial charge in [0.05, 0.1) is 5.39 Å². The maximum Gasteiger partial charge on any atom is 0.321 e. The smallest absolute Gasteiger partial charge is 0.321 e. The Morgan fingerprint density at radius 3 is 2.22 bits per heavy atom. The van der Waals surface area contributed by atoms with E-state index in [1.54, 1.807) is 12.1 Å². The number of ether oxygens (including phenoxy) is 4. The molecule has 2 aromatic rings. The zero-order chi connectivity index (χ0) is 18.2. The molecule has 0 aromatic heterocycles. The molecule has 0 bridgehead atoms. The fraction of sp³-hybridized carbons (Fsp3) is 0.250. The van der Waals surface area contributed by atoms with Crippen LogP contribution in [0.15, 0.2) is 48.6 Å². The van der Waals surface area contributed by atoms with E-state index < -0.39 is 46.5 Å². The summed E-state index contributed by atoms with van der Waals surface area (Å²) in [5, 5.41) is 1.67. The fourth-order valence-electron chi connectivity index (χ4n) is 4.92. The molecule has 2 aromatic carbocycles. The minimum atomic E-state index is -1.92. The first-order chi connectivity index (χ1) is 13.1. The van der Waals surface area contributed by atoms with Gasteiger partial charge in [0.15, 0.2) is 23.8 Å². The number of carbonyl (C=O) groups excluding carboxylic acids is 3. The second-order valence-corrected chi connectivity index (χ2v) is 7.35. The van der Waals surface area contributed by atoms with E-state index in [0.717, 1.165) is 22.9 Å². The highest BCUT2D eigenvalue weighted by Crippen LogP contribution is 2.69. The molecule has 4 atom stereocenters. The predicted molar refractivity (Wildman–Crippen MR) is 87.3 cm³/mol. The first-order valence-corrected chi connectivity index (χ1v) is 8.62. The van der Waals surface area contributed by atoms with Gasteiger partial charge in [-0.1, -0.05) is 24.3 Å². The number of fused-ring (bicyclic) bond motifs is 2. The number of carbonyl (C=O) groups is 3. The number of epoxide rings is 2. The van der Waals surface area contributed by atoms with Crippen molar-refractivity contribution in [1.82, 2.24) is 0 Å². The van der Waals surface area contributed by atoms with Crippen molar-refractivity contribution in [3.05, 3.63) is 48.6 Å². The molecule has 0 radical (unpaired) electrons. The van der Waals surface area contributed by atoms with Crippen LogP contribution >= 0.6 is 0 Å². The van der Waals surface area contributed by atoms with Gasteiger partial charge in [-0.05, 0) is 29.7 Å². The summed E-state index contributed by atoms with van der Waals surface area (Å²) in [6, 6.07) is 11.0. The Bertz CT molecular complexity index is 1140. The molecule has 2 saturated heterocycles. The predicted octanol–water partition coefficient (Wildman–Crippen LogP) is 0.873. The number of hydrogen-bond acceptors (Lipinski definition) is 7. The minimum Gasteiger partial charge on any atom is -0.446 e. The summed E-state index contributed by atoms with van der Waals surface area (Å²) in [6.07, 6.45) is 0.485. The van der Waals surface area contributed by atoms with Crippen molar-refractivity contribution in [2.24, 2.45) is 0 Å². The highest BCUT2D eigenvalue weighted by molar-refractivity contribution is 6.32. The van der Waals surface area contributed by atoms with Gasteiger partial charge < -0.3 is 18.9 Å². The molecule has 3 aliphatic heterocycles. The molecular weight excluding hydrogens is 352 g/mol. The first kappa shape index (κ1) is 14.1. The van der Waals surface area contributed by atoms with Crippen molar-refractivity contribution in [3.63, 3.8) is 0 Å². The van der Waals surface area contributed by atoms with Crippen LogP contribution in [-0.4, -0.2) is 46.5 Å². The van der Waals surface area contributed by atoms with E-state index in [4.69, 9.17) is 18.9 Å². The van der Waals surface area contributed by atoms with Crippen LogP contribution in [0.2, 0.25) is 0 Å². The third-order valence-electron chi connectivity index (χ3n) is 6.15. The van der Waals surface area contributed by atoms with Gasteiger partial charge in [0.2, 0.25) is 11.4 Å². The summed E-state index contributed by atoms with van der Waals surface area (Å²) in [6.45, 7) is 0. The van der Waals surface area contributed by atoms with Gasteiger partial charge in [-0.3, -0.25) is 14.4 Å². The Kier molecular flexibility index (Phi) is 1.99. The van der Waals surface area contributed by atoms with Gasteiger partial charge in [-0.2, -0.15) is 0 Å². The van der Waals surface area contributed by atoms with Crippen LogP contribution in [-0.2, 0) is 23.9 Å². The second-order valence-electron chi connectivity index (χ2n) is 7.35. The molecule has 7 heteroatoms. The normalized spacial score (nSPS) is 38.6. The lowest BCUT2D eigenvalue weighted by atomic mass is 9.67. The maximum atomic E-state index is 12.9. The molecule has 3 fully saturated rings. The Hall–Kier alpha value is -3.03. The van der Waals surface area contributed by atoms with Crippen molar-refractivity contribution < 1.29 is 33.3 Å². The number of rotatable bonds is 0. The zero-order valence-electron chi connectivity index (χ0n) is 13.6. The summed E-state index contributed by atoms with van der Waals surface area (Å²) in [7, 11) is 0. The van der Waals surface area contributed by atoms with E-state index in [1.165, 1.54) is 0 Å². The van der Waals surface area contributed by atoms with Crippen molar-refractivity contribution in [3.8, 4) is 11.5 Å². The van der Waals surface area contributed by atoms with Crippen molar-refractivity contribution >= 4 is 28.1 Å². The molecule has 0 amide bonds. The van der Waals surface area contributed by atoms with E-state index >= 15 is 0 Å². The molecule has 1 spiro atoms. The lowest BCUT2D eigenvalue weighted by molar-refractivity contribution is -0.189. The van der Waals surface area contributed by atoms with Crippen LogP contribution in [0.4, 0.5) is 0 Å². The van der Waals surface area contributed by atoms with Crippen molar-refractivity contribution in [1.29, 1.82) is 0 Å². The van der Waals surface area contributed by atoms with E-state index in [1.807, 2.05) is 24.3 Å². The van der Waals surface area contributed by atoms with Gasteiger partial charge in [-0.15, -0.1) is 0 Å². The van der Waals surface area contributed by atoms with Crippen LogP contribution in [0.5, 0.6) is 11.5 Å². The van der Waals surface area contributed by atoms with Crippen LogP contribution in [0.25, 0.3) is 10.8 Å². The van der Waals surface area contributed by atoms with E-state index in [2.05, 4.69) is 0 Å². The standard InChI is InChI=1S/C20H10O7/c21-12-7-8-13(22)19-18(12,27-19)16(23)15-17(24-15)20(19)25-10-5-1-3-9-4-2-6-11(26-20)14(9)10/h1-8,15,17H/t15-,17-,18-,19-/m0/s1. The molecule has 0 unspecified atom stereocenters. The summed E-state index contributed by atoms with van der Waals surface area (Å²) in [5.74, 6) is -2.39. The topological polar surface area (TPSA) is 94.7 Å². The lowest BCUT2D eigenvalue weighted by Crippen LogP contribution is -2.72. The van der Waals surface area contributed by atoms with Gasteiger partial charge in [-0.25, -0.2) is 0 Å². The lowest BCUT2D eigenvalue weighted by Gasteiger charge is -2.43. The van der Waals surface area contributed by atoms with Gasteiger partial charge in [0.1, 0.15) is 11.5 Å². The van der Waals surface area contributed by atoms with Crippen LogP contribution < -0.4 is 9.47 Å². The minimum absolute atomic E-state index is 0.492. The Balaban J connectivity index is 1.52. The third kappa shape index (κ3) is 1.19. The van der Waals surface area contributed by atoms with Crippen molar-refractivity contribution in [2.75, 3.05) is 0 Å². The number of hydrogen-bond donors (Lipinski definition) is 0. The van der Waals surface area contributed by atoms with Crippen LogP contribution in [0, 0.1) is 0 Å². The summed E-state index contributed by atoms with van der Waals surface area (Å²) >= 11 is 0. The summed E-state index contributed by atoms with van der Waals surface area (Å²) in [5.41, 5.74) is -3.78. The number of benzene rings is 2. The molecule has 2 aliphatic carbocycles. The molecule has 7 rings (SSSR count). The van der Waals surface area contributed by atoms with E-state index in [0.29, 0.717) is 11.5 Å². The number of Topliss-reactive ketones (excluding diaryl/α,β-unsaturated/α-hetero) is 1. The zero-order valence-corrected chi connectivity index (χ0v) is 13.6. The Morgan fingerprint density at radius 2 is 1.52 bits per heavy atom. The van der Waals surface area contributed by atoms with E-state index in [9.17, 15) is 14.4 Å². The molecule has 27 heavy (non-hydrogen) atoms. The maximum absolute atomic E-state index is 12.9. The molecule has 0 N–H and O–H groups in total. The average Bonchev–Trinajstić information content (AvgIpc) is 3.57. The Morgan fingerprint density at radius 1 is 0.852 bits per heavy atom. The molecule has 3 heterocycles. The monoisotopic (exact) mass is 362 g/mol. The average molecular weight is 362 g/mol. The largest absolute Gasteiger partial charge is 0.446 e. The SMILES string of the molecule is O=C1C=CC(=O)[C@]23O[C@]12C(=O)[C@@H]1O[C@@H]1C31Oc2cccc3cccc(c23)O1. The molecule has 5 aliphatic rings. The molecule has 7 nitrogen and oxygen atoms in total. The summed E-state index contributed by atoms with van der Waals surface area (Å²) in [4.78, 5) is 38.4. The highest BCUT2D eigenvalue weighted by atomic mass is 16.8. The van der Waals surface area contributed by atoms with Gasteiger partial charge >= 0.3 is 5.79 Å². The van der Waals surface area contributed by atoms with Gasteiger partial charge in [0, 0.05) is 0 Å². The van der Waals surface area contributed by atoms with Crippen LogP contribution in [0.1, 0.15) is 0 Å². The quantitative estimate of drug-likeness (QED) is 0.507. The second kappa shape index (κ2) is 3.81. The van der Waals surface area contributed by atoms with Crippen LogP contribution in [0.3, 0.4) is 0 Å². The summed E-state index contributed by atoms with van der Waals surface area (Å²) < 4.78 is 23.7. The molecule has 1 saturated carbocycles. The van der Waals surface area contributed by atoms with E-state index in [-0.39, 0.29) is 0 Å². The third-order valence-corrected chi connectivity index (χ3v) is 6.15. The molecular formula is C20H10O7. The van der Waals surface area contributed by atoms with Crippen molar-refractivity contribution in [2.45, 2.75) is 29.2 Å². The highest BCUT2D eigenvalue weighted by Gasteiger charge is 3.00. The Labute approximate surface area is 151 Å². The first-order valence-electron chi connectivity index (χ1n) is 8.62. The molecule has 132 valence electrons.